The number of ketones is 1. The number of para-hydroxylation sites is 1. The predicted octanol–water partition coefficient (Wildman–Crippen LogP) is 4.02. The van der Waals surface area contributed by atoms with Crippen molar-refractivity contribution in [2.45, 2.75) is 26.3 Å². The Hall–Kier alpha value is -3.28. The highest BCUT2D eigenvalue weighted by Gasteiger charge is 2.45. The molecule has 0 amide bonds. The van der Waals surface area contributed by atoms with Gasteiger partial charge in [0.25, 0.3) is 0 Å². The molecule has 0 radical (unpaired) electrons. The van der Waals surface area contributed by atoms with Gasteiger partial charge in [-0.2, -0.15) is 0 Å². The van der Waals surface area contributed by atoms with Crippen LogP contribution >= 0.6 is 0 Å². The Morgan fingerprint density at radius 3 is 2.34 bits per heavy atom. The summed E-state index contributed by atoms with van der Waals surface area (Å²) >= 11 is 0. The van der Waals surface area contributed by atoms with E-state index in [9.17, 15) is 4.79 Å². The Morgan fingerprint density at radius 1 is 1.10 bits per heavy atom. The number of Topliss-reactive ketones (excluding diaryl/α,β-unsaturated/α-hetero) is 1. The lowest BCUT2D eigenvalue weighted by atomic mass is 9.97. The number of anilines is 2. The van der Waals surface area contributed by atoms with Crippen molar-refractivity contribution in [3.63, 3.8) is 0 Å². The van der Waals surface area contributed by atoms with Gasteiger partial charge in [0.15, 0.2) is 5.78 Å². The zero-order valence-electron chi connectivity index (χ0n) is 17.1. The zero-order valence-corrected chi connectivity index (χ0v) is 17.1. The second kappa shape index (κ2) is 7.28. The average molecular weight is 391 g/mol. The monoisotopic (exact) mass is 391 g/mol. The van der Waals surface area contributed by atoms with E-state index in [4.69, 9.17) is 14.9 Å². The van der Waals surface area contributed by atoms with Gasteiger partial charge in [-0.1, -0.05) is 32.0 Å². The SMILES string of the molecule is COc1cc(OC)cc(N2C(=N)C(=C3Cc4ccccc4N3)C(=O)[C@H]2C(C)C)c1. The first kappa shape index (κ1) is 19.1. The zero-order chi connectivity index (χ0) is 20.7. The van der Waals surface area contributed by atoms with Crippen LogP contribution in [0.15, 0.2) is 53.7 Å². The maximum atomic E-state index is 13.4. The van der Waals surface area contributed by atoms with Crippen LogP contribution in [0, 0.1) is 11.3 Å². The number of fused-ring (bicyclic) bond motifs is 1. The van der Waals surface area contributed by atoms with E-state index in [1.54, 1.807) is 25.2 Å². The molecule has 0 spiro atoms. The predicted molar refractivity (Wildman–Crippen MR) is 114 cm³/mol. The highest BCUT2D eigenvalue weighted by molar-refractivity contribution is 6.35. The van der Waals surface area contributed by atoms with E-state index < -0.39 is 6.04 Å². The van der Waals surface area contributed by atoms with Crippen LogP contribution in [0.1, 0.15) is 19.4 Å². The fourth-order valence-corrected chi connectivity index (χ4v) is 4.10. The second-order valence-corrected chi connectivity index (χ2v) is 7.66. The summed E-state index contributed by atoms with van der Waals surface area (Å²) in [5.41, 5.74) is 4.10. The maximum Gasteiger partial charge on any atom is 0.191 e. The van der Waals surface area contributed by atoms with Gasteiger partial charge in [-0.3, -0.25) is 10.2 Å². The smallest absolute Gasteiger partial charge is 0.191 e. The molecule has 29 heavy (non-hydrogen) atoms. The van der Waals surface area contributed by atoms with Gasteiger partial charge in [0.05, 0.1) is 25.5 Å². The van der Waals surface area contributed by atoms with Crippen LogP contribution in [0.5, 0.6) is 11.5 Å². The molecule has 2 N–H and O–H groups in total. The van der Waals surface area contributed by atoms with E-state index in [0.717, 1.165) is 16.9 Å². The molecule has 0 unspecified atom stereocenters. The summed E-state index contributed by atoms with van der Waals surface area (Å²) in [6, 6.07) is 13.0. The number of benzene rings is 2. The number of nitrogens with zero attached hydrogens (tertiary/aromatic N) is 1. The van der Waals surface area contributed by atoms with E-state index >= 15 is 0 Å². The first-order valence-electron chi connectivity index (χ1n) is 9.68. The molecule has 1 saturated heterocycles. The highest BCUT2D eigenvalue weighted by atomic mass is 16.5. The molecule has 150 valence electrons. The lowest BCUT2D eigenvalue weighted by Crippen LogP contribution is -2.39. The fourth-order valence-electron chi connectivity index (χ4n) is 4.10. The highest BCUT2D eigenvalue weighted by Crippen LogP contribution is 2.39. The van der Waals surface area contributed by atoms with Crippen LogP contribution in [0.25, 0.3) is 0 Å². The summed E-state index contributed by atoms with van der Waals surface area (Å²) in [4.78, 5) is 15.2. The van der Waals surface area contributed by atoms with Crippen molar-refractivity contribution in [2.24, 2.45) is 5.92 Å². The van der Waals surface area contributed by atoms with E-state index in [0.29, 0.717) is 29.2 Å². The van der Waals surface area contributed by atoms with Gasteiger partial charge in [-0.15, -0.1) is 0 Å². The van der Waals surface area contributed by atoms with Gasteiger partial charge in [-0.25, -0.2) is 0 Å². The van der Waals surface area contributed by atoms with E-state index in [2.05, 4.69) is 5.32 Å². The minimum atomic E-state index is -0.452. The largest absolute Gasteiger partial charge is 0.497 e. The number of carbonyl (C=O) groups is 1. The van der Waals surface area contributed by atoms with Crippen molar-refractivity contribution in [2.75, 3.05) is 24.4 Å². The number of nitrogens with one attached hydrogen (secondary N) is 2. The number of ether oxygens (including phenoxy) is 2. The Kier molecular flexibility index (Phi) is 4.78. The Balaban J connectivity index is 1.81. The molecule has 2 aliphatic rings. The number of hydrogen-bond acceptors (Lipinski definition) is 5. The van der Waals surface area contributed by atoms with Crippen LogP contribution in [-0.4, -0.2) is 31.9 Å². The number of carbonyl (C=O) groups excluding carboxylic acids is 1. The Morgan fingerprint density at radius 2 is 1.76 bits per heavy atom. The van der Waals surface area contributed by atoms with E-state index in [1.807, 2.05) is 50.2 Å². The molecule has 0 bridgehead atoms. The summed E-state index contributed by atoms with van der Waals surface area (Å²) in [5.74, 6) is 1.45. The third kappa shape index (κ3) is 3.14. The number of allylic oxidation sites excluding steroid dienone is 1. The molecule has 2 aromatic carbocycles. The molecular formula is C23H25N3O3. The molecule has 4 rings (SSSR count). The quantitative estimate of drug-likeness (QED) is 0.770. The molecule has 1 atom stereocenters. The molecule has 1 fully saturated rings. The van der Waals surface area contributed by atoms with Gasteiger partial charge >= 0.3 is 0 Å². The Labute approximate surface area is 170 Å². The van der Waals surface area contributed by atoms with Crippen molar-refractivity contribution in [1.82, 2.24) is 0 Å². The molecule has 0 aliphatic carbocycles. The molecule has 2 aliphatic heterocycles. The lowest BCUT2D eigenvalue weighted by Gasteiger charge is -2.28. The molecule has 2 heterocycles. The van der Waals surface area contributed by atoms with Gasteiger partial charge in [-0.05, 0) is 17.5 Å². The third-order valence-electron chi connectivity index (χ3n) is 5.49. The summed E-state index contributed by atoms with van der Waals surface area (Å²) in [5, 5.41) is 12.3. The normalized spacial score (nSPS) is 20.9. The van der Waals surface area contributed by atoms with Crippen LogP contribution < -0.4 is 19.7 Å². The van der Waals surface area contributed by atoms with Crippen molar-refractivity contribution in [1.29, 1.82) is 5.41 Å². The average Bonchev–Trinajstić information content (AvgIpc) is 3.25. The van der Waals surface area contributed by atoms with E-state index in [-0.39, 0.29) is 17.5 Å². The van der Waals surface area contributed by atoms with Gasteiger partial charge in [0, 0.05) is 36.0 Å². The minimum absolute atomic E-state index is 0.0258. The number of methoxy groups -OCH3 is 2. The minimum Gasteiger partial charge on any atom is -0.497 e. The molecular weight excluding hydrogens is 366 g/mol. The van der Waals surface area contributed by atoms with E-state index in [1.165, 1.54) is 0 Å². The van der Waals surface area contributed by atoms with Crippen LogP contribution in [0.3, 0.4) is 0 Å². The van der Waals surface area contributed by atoms with Crippen LogP contribution in [-0.2, 0) is 11.2 Å². The molecule has 0 saturated carbocycles. The molecule has 6 nitrogen and oxygen atoms in total. The van der Waals surface area contributed by atoms with Crippen LogP contribution in [0.4, 0.5) is 11.4 Å². The summed E-state index contributed by atoms with van der Waals surface area (Å²) in [6.45, 7) is 4.01. The number of hydrogen-bond donors (Lipinski definition) is 2. The second-order valence-electron chi connectivity index (χ2n) is 7.66. The van der Waals surface area contributed by atoms with Crippen molar-refractivity contribution < 1.29 is 14.3 Å². The third-order valence-corrected chi connectivity index (χ3v) is 5.49. The van der Waals surface area contributed by atoms with Gasteiger partial charge < -0.3 is 19.7 Å². The standard InChI is InChI=1S/C23H25N3O3/c1-13(2)21-22(27)20(19-9-14-7-5-6-8-18(14)25-19)23(24)26(21)15-10-16(28-3)12-17(11-15)29-4/h5-8,10-13,21,24-25H,9H2,1-4H3/t21-/m1/s1. The number of amidine groups is 1. The van der Waals surface area contributed by atoms with Gasteiger partial charge in [0.1, 0.15) is 23.4 Å². The molecule has 0 aromatic heterocycles. The first-order valence-corrected chi connectivity index (χ1v) is 9.68. The molecule has 6 heteroatoms. The topological polar surface area (TPSA) is 74.7 Å². The lowest BCUT2D eigenvalue weighted by molar-refractivity contribution is -0.116. The summed E-state index contributed by atoms with van der Waals surface area (Å²) in [6.07, 6.45) is 0.625. The van der Waals surface area contributed by atoms with Crippen molar-refractivity contribution >= 4 is 23.0 Å². The first-order chi connectivity index (χ1) is 13.9. The Bertz CT molecular complexity index is 977. The van der Waals surface area contributed by atoms with Crippen molar-refractivity contribution in [3.05, 3.63) is 59.3 Å². The summed E-state index contributed by atoms with van der Waals surface area (Å²) < 4.78 is 10.8. The fraction of sp³-hybridized carbons (Fsp3) is 0.304. The summed E-state index contributed by atoms with van der Waals surface area (Å²) in [7, 11) is 3.18. The molecule has 2 aromatic rings. The van der Waals surface area contributed by atoms with Crippen molar-refractivity contribution in [3.8, 4) is 11.5 Å². The maximum absolute atomic E-state index is 13.4. The van der Waals surface area contributed by atoms with Crippen LogP contribution in [0.2, 0.25) is 0 Å². The van der Waals surface area contributed by atoms with Gasteiger partial charge in [0.2, 0.25) is 0 Å². The number of rotatable bonds is 4.